The number of benzene rings is 1. The standard InChI is InChI=1S/C15H22N2O3/c1-15(7-4-8-20-15)11-17-14(18)10-19-13-6-3-2-5-12(13)9-16/h2-3,5-6H,4,7-11,16H2,1H3,(H,17,18). The van der Waals surface area contributed by atoms with Crippen molar-refractivity contribution in [1.29, 1.82) is 0 Å². The van der Waals surface area contributed by atoms with Gasteiger partial charge in [0.25, 0.3) is 5.91 Å². The maximum atomic E-state index is 11.8. The molecule has 1 aromatic rings. The quantitative estimate of drug-likeness (QED) is 0.820. The summed E-state index contributed by atoms with van der Waals surface area (Å²) < 4.78 is 11.1. The lowest BCUT2D eigenvalue weighted by Crippen LogP contribution is -2.41. The van der Waals surface area contributed by atoms with Crippen LogP contribution in [0.15, 0.2) is 24.3 Å². The van der Waals surface area contributed by atoms with Gasteiger partial charge in [0, 0.05) is 25.3 Å². The van der Waals surface area contributed by atoms with Gasteiger partial charge in [0.2, 0.25) is 0 Å². The number of para-hydroxylation sites is 1. The Morgan fingerprint density at radius 1 is 1.50 bits per heavy atom. The monoisotopic (exact) mass is 278 g/mol. The summed E-state index contributed by atoms with van der Waals surface area (Å²) in [5.41, 5.74) is 6.28. The first-order valence-corrected chi connectivity index (χ1v) is 6.94. The SMILES string of the molecule is CC1(CNC(=O)COc2ccccc2CN)CCCO1. The minimum atomic E-state index is -0.231. The molecule has 1 aliphatic rings. The number of carbonyl (C=O) groups excluding carboxylic acids is 1. The Balaban J connectivity index is 1.77. The molecular weight excluding hydrogens is 256 g/mol. The molecule has 1 aromatic carbocycles. The van der Waals surface area contributed by atoms with Crippen molar-refractivity contribution in [2.75, 3.05) is 19.8 Å². The maximum absolute atomic E-state index is 11.8. The molecule has 0 radical (unpaired) electrons. The molecule has 1 aliphatic heterocycles. The van der Waals surface area contributed by atoms with Crippen LogP contribution in [0.5, 0.6) is 5.75 Å². The first-order valence-electron chi connectivity index (χ1n) is 6.94. The van der Waals surface area contributed by atoms with Crippen LogP contribution >= 0.6 is 0 Å². The van der Waals surface area contributed by atoms with Crippen LogP contribution in [0.25, 0.3) is 0 Å². The Morgan fingerprint density at radius 3 is 3.00 bits per heavy atom. The van der Waals surface area contributed by atoms with Gasteiger partial charge in [-0.1, -0.05) is 18.2 Å². The second-order valence-corrected chi connectivity index (χ2v) is 5.28. The highest BCUT2D eigenvalue weighted by Crippen LogP contribution is 2.23. The predicted octanol–water partition coefficient (Wildman–Crippen LogP) is 1.21. The smallest absolute Gasteiger partial charge is 0.258 e. The molecule has 0 bridgehead atoms. The summed E-state index contributed by atoms with van der Waals surface area (Å²) in [6.45, 7) is 3.70. The van der Waals surface area contributed by atoms with Gasteiger partial charge in [0.1, 0.15) is 5.75 Å². The number of nitrogens with two attached hydrogens (primary N) is 1. The van der Waals surface area contributed by atoms with Gasteiger partial charge in [0.05, 0.1) is 5.60 Å². The van der Waals surface area contributed by atoms with Gasteiger partial charge in [-0.15, -0.1) is 0 Å². The average molecular weight is 278 g/mol. The minimum Gasteiger partial charge on any atom is -0.483 e. The third-order valence-electron chi connectivity index (χ3n) is 3.51. The lowest BCUT2D eigenvalue weighted by atomic mass is 10.0. The van der Waals surface area contributed by atoms with E-state index in [1.807, 2.05) is 31.2 Å². The van der Waals surface area contributed by atoms with Gasteiger partial charge in [-0.3, -0.25) is 4.79 Å². The van der Waals surface area contributed by atoms with Gasteiger partial charge in [-0.2, -0.15) is 0 Å². The summed E-state index contributed by atoms with van der Waals surface area (Å²) in [4.78, 5) is 11.8. The van der Waals surface area contributed by atoms with E-state index in [2.05, 4.69) is 5.32 Å². The van der Waals surface area contributed by atoms with Crippen molar-refractivity contribution in [1.82, 2.24) is 5.32 Å². The van der Waals surface area contributed by atoms with Crippen molar-refractivity contribution < 1.29 is 14.3 Å². The molecule has 5 heteroatoms. The summed E-state index contributed by atoms with van der Waals surface area (Å²) >= 11 is 0. The van der Waals surface area contributed by atoms with E-state index in [9.17, 15) is 4.79 Å². The third kappa shape index (κ3) is 3.95. The fourth-order valence-electron chi connectivity index (χ4n) is 2.27. The van der Waals surface area contributed by atoms with Crippen LogP contribution in [-0.2, 0) is 16.1 Å². The van der Waals surface area contributed by atoms with Crippen LogP contribution in [0.1, 0.15) is 25.3 Å². The molecule has 1 amide bonds. The summed E-state index contributed by atoms with van der Waals surface area (Å²) in [5, 5.41) is 2.85. The van der Waals surface area contributed by atoms with E-state index >= 15 is 0 Å². The van der Waals surface area contributed by atoms with E-state index in [-0.39, 0.29) is 18.1 Å². The number of rotatable bonds is 6. The summed E-state index contributed by atoms with van der Waals surface area (Å²) in [6, 6.07) is 7.46. The van der Waals surface area contributed by atoms with Gasteiger partial charge in [-0.05, 0) is 25.8 Å². The molecule has 1 heterocycles. The topological polar surface area (TPSA) is 73.6 Å². The second-order valence-electron chi connectivity index (χ2n) is 5.28. The summed E-state index contributed by atoms with van der Waals surface area (Å²) in [7, 11) is 0. The Hall–Kier alpha value is -1.59. The lowest BCUT2D eigenvalue weighted by molar-refractivity contribution is -0.124. The van der Waals surface area contributed by atoms with Crippen LogP contribution in [0, 0.1) is 0 Å². The highest BCUT2D eigenvalue weighted by Gasteiger charge is 2.29. The molecule has 0 aliphatic carbocycles. The molecule has 5 nitrogen and oxygen atoms in total. The Labute approximate surface area is 119 Å². The van der Waals surface area contributed by atoms with Gasteiger partial charge in [0.15, 0.2) is 6.61 Å². The molecule has 1 atom stereocenters. The Bertz CT molecular complexity index is 456. The van der Waals surface area contributed by atoms with Gasteiger partial charge < -0.3 is 20.5 Å². The van der Waals surface area contributed by atoms with Crippen molar-refractivity contribution in [2.24, 2.45) is 5.73 Å². The van der Waals surface area contributed by atoms with E-state index in [0.29, 0.717) is 18.8 Å². The van der Waals surface area contributed by atoms with Crippen molar-refractivity contribution >= 4 is 5.91 Å². The minimum absolute atomic E-state index is 0.00685. The van der Waals surface area contributed by atoms with E-state index < -0.39 is 0 Å². The number of carbonyl (C=O) groups is 1. The van der Waals surface area contributed by atoms with E-state index in [1.165, 1.54) is 0 Å². The number of amides is 1. The van der Waals surface area contributed by atoms with E-state index in [4.69, 9.17) is 15.2 Å². The highest BCUT2D eigenvalue weighted by atomic mass is 16.5. The van der Waals surface area contributed by atoms with Crippen molar-refractivity contribution in [3.63, 3.8) is 0 Å². The van der Waals surface area contributed by atoms with Crippen molar-refractivity contribution in [3.8, 4) is 5.75 Å². The zero-order valence-electron chi connectivity index (χ0n) is 11.9. The molecular formula is C15H22N2O3. The van der Waals surface area contributed by atoms with Crippen LogP contribution in [0.2, 0.25) is 0 Å². The molecule has 110 valence electrons. The van der Waals surface area contributed by atoms with Crippen molar-refractivity contribution in [2.45, 2.75) is 31.9 Å². The van der Waals surface area contributed by atoms with E-state index in [0.717, 1.165) is 25.0 Å². The number of nitrogens with one attached hydrogen (secondary N) is 1. The summed E-state index contributed by atoms with van der Waals surface area (Å²) in [6.07, 6.45) is 2.02. The second kappa shape index (κ2) is 6.72. The number of ether oxygens (including phenoxy) is 2. The third-order valence-corrected chi connectivity index (χ3v) is 3.51. The number of hydrogen-bond donors (Lipinski definition) is 2. The fourth-order valence-corrected chi connectivity index (χ4v) is 2.27. The first-order chi connectivity index (χ1) is 9.63. The Kier molecular flexibility index (Phi) is 4.98. The molecule has 1 fully saturated rings. The van der Waals surface area contributed by atoms with Crippen LogP contribution in [0.3, 0.4) is 0 Å². The predicted molar refractivity (Wildman–Crippen MR) is 76.4 cm³/mol. The van der Waals surface area contributed by atoms with Gasteiger partial charge >= 0.3 is 0 Å². The molecule has 0 spiro atoms. The molecule has 0 saturated carbocycles. The first kappa shape index (κ1) is 14.8. The highest BCUT2D eigenvalue weighted by molar-refractivity contribution is 5.77. The Morgan fingerprint density at radius 2 is 2.30 bits per heavy atom. The zero-order chi connectivity index (χ0) is 14.4. The molecule has 0 aromatic heterocycles. The van der Waals surface area contributed by atoms with Crippen LogP contribution < -0.4 is 15.8 Å². The fraction of sp³-hybridized carbons (Fsp3) is 0.533. The summed E-state index contributed by atoms with van der Waals surface area (Å²) in [5.74, 6) is 0.516. The molecule has 20 heavy (non-hydrogen) atoms. The normalized spacial score (nSPS) is 21.7. The number of hydrogen-bond acceptors (Lipinski definition) is 4. The van der Waals surface area contributed by atoms with Gasteiger partial charge in [-0.25, -0.2) is 0 Å². The lowest BCUT2D eigenvalue weighted by Gasteiger charge is -2.23. The molecule has 3 N–H and O–H groups in total. The van der Waals surface area contributed by atoms with E-state index in [1.54, 1.807) is 0 Å². The largest absolute Gasteiger partial charge is 0.483 e. The molecule has 1 saturated heterocycles. The average Bonchev–Trinajstić information content (AvgIpc) is 2.90. The van der Waals surface area contributed by atoms with Crippen LogP contribution in [-0.4, -0.2) is 31.3 Å². The molecule has 2 rings (SSSR count). The maximum Gasteiger partial charge on any atom is 0.258 e. The molecule has 1 unspecified atom stereocenters. The zero-order valence-corrected chi connectivity index (χ0v) is 11.9. The van der Waals surface area contributed by atoms with Crippen LogP contribution in [0.4, 0.5) is 0 Å². The van der Waals surface area contributed by atoms with Crippen molar-refractivity contribution in [3.05, 3.63) is 29.8 Å².